The highest BCUT2D eigenvalue weighted by Crippen LogP contribution is 2.27. The molecule has 0 aliphatic carbocycles. The van der Waals surface area contributed by atoms with Gasteiger partial charge in [-0.3, -0.25) is 14.5 Å². The number of nitrogens with one attached hydrogen (secondary N) is 1. The molecule has 200 valence electrons. The van der Waals surface area contributed by atoms with Crippen molar-refractivity contribution in [2.45, 2.75) is 59.8 Å². The highest BCUT2D eigenvalue weighted by molar-refractivity contribution is 5.83. The molecule has 0 saturated carbocycles. The SMILES string of the molecule is CCOC(=O)Cn1nnnc1[C@@H](CC)N(Cc1ccc(OC)cc1)Cc1cc2c(C)cc(C)cc2[nH]c1=O. The van der Waals surface area contributed by atoms with Gasteiger partial charge in [-0.25, -0.2) is 4.68 Å². The van der Waals surface area contributed by atoms with Crippen LogP contribution < -0.4 is 10.3 Å². The lowest BCUT2D eigenvalue weighted by molar-refractivity contribution is -0.144. The number of carbonyl (C=O) groups is 1. The van der Waals surface area contributed by atoms with Gasteiger partial charge in [0.25, 0.3) is 5.56 Å². The largest absolute Gasteiger partial charge is 0.497 e. The fourth-order valence-electron chi connectivity index (χ4n) is 4.79. The highest BCUT2D eigenvalue weighted by atomic mass is 16.5. The summed E-state index contributed by atoms with van der Waals surface area (Å²) >= 11 is 0. The molecule has 0 saturated heterocycles. The number of fused-ring (bicyclic) bond motifs is 1. The summed E-state index contributed by atoms with van der Waals surface area (Å²) in [6.07, 6.45) is 0.656. The molecule has 0 amide bonds. The smallest absolute Gasteiger partial charge is 0.327 e. The van der Waals surface area contributed by atoms with Crippen LogP contribution in [0.4, 0.5) is 0 Å². The first-order valence-electron chi connectivity index (χ1n) is 12.7. The number of H-pyrrole nitrogens is 1. The molecule has 4 rings (SSSR count). The third-order valence-corrected chi connectivity index (χ3v) is 6.58. The highest BCUT2D eigenvalue weighted by Gasteiger charge is 2.27. The number of hydrogen-bond acceptors (Lipinski definition) is 8. The number of carbonyl (C=O) groups excluding carboxylic acids is 1. The molecule has 0 radical (unpaired) electrons. The predicted molar refractivity (Wildman–Crippen MR) is 144 cm³/mol. The number of tetrazole rings is 1. The Bertz CT molecular complexity index is 1460. The standard InChI is InChI=1S/C28H34N6O4/c1-6-25(27-30-31-32-34(27)17-26(35)38-7-2)33(15-20-8-10-22(37-5)11-9-20)16-21-14-23-19(4)12-18(3)13-24(23)29-28(21)36/h8-14,25H,6-7,15-17H2,1-5H3,(H,29,36)/t25-/m1/s1. The maximum Gasteiger partial charge on any atom is 0.327 e. The predicted octanol–water partition coefficient (Wildman–Crippen LogP) is 3.86. The summed E-state index contributed by atoms with van der Waals surface area (Å²) in [6, 6.07) is 13.6. The first-order chi connectivity index (χ1) is 18.3. The van der Waals surface area contributed by atoms with Crippen molar-refractivity contribution in [1.82, 2.24) is 30.1 Å². The Morgan fingerprint density at radius 3 is 2.55 bits per heavy atom. The van der Waals surface area contributed by atoms with Gasteiger partial charge in [0.05, 0.1) is 19.8 Å². The van der Waals surface area contributed by atoms with Crippen LogP contribution in [0.1, 0.15) is 54.4 Å². The van der Waals surface area contributed by atoms with Gasteiger partial charge < -0.3 is 14.5 Å². The summed E-state index contributed by atoms with van der Waals surface area (Å²) in [6.45, 7) is 8.93. The fourth-order valence-corrected chi connectivity index (χ4v) is 4.79. The Balaban J connectivity index is 1.74. The molecule has 0 aliphatic rings. The van der Waals surface area contributed by atoms with Crippen molar-refractivity contribution in [1.29, 1.82) is 0 Å². The van der Waals surface area contributed by atoms with E-state index < -0.39 is 5.97 Å². The summed E-state index contributed by atoms with van der Waals surface area (Å²) in [5.41, 5.74) is 4.56. The van der Waals surface area contributed by atoms with Crippen molar-refractivity contribution in [2.75, 3.05) is 13.7 Å². The van der Waals surface area contributed by atoms with E-state index in [1.54, 1.807) is 14.0 Å². The molecule has 2 aromatic carbocycles. The molecule has 0 fully saturated rings. The van der Waals surface area contributed by atoms with Crippen LogP contribution in [0.5, 0.6) is 5.75 Å². The molecule has 0 spiro atoms. The number of pyridine rings is 1. The first kappa shape index (κ1) is 27.0. The zero-order chi connectivity index (χ0) is 27.2. The van der Waals surface area contributed by atoms with Crippen LogP contribution in [0.3, 0.4) is 0 Å². The molecule has 10 nitrogen and oxygen atoms in total. The Hall–Kier alpha value is -4.05. The second-order valence-electron chi connectivity index (χ2n) is 9.34. The summed E-state index contributed by atoms with van der Waals surface area (Å²) in [5.74, 6) is 0.898. The molecule has 0 bridgehead atoms. The van der Waals surface area contributed by atoms with Crippen LogP contribution in [0.25, 0.3) is 10.9 Å². The minimum Gasteiger partial charge on any atom is -0.497 e. The zero-order valence-corrected chi connectivity index (χ0v) is 22.5. The van der Waals surface area contributed by atoms with Crippen LogP contribution in [0.15, 0.2) is 47.3 Å². The van der Waals surface area contributed by atoms with E-state index in [-0.39, 0.29) is 24.8 Å². The van der Waals surface area contributed by atoms with Gasteiger partial charge in [0.1, 0.15) is 12.3 Å². The average molecular weight is 519 g/mol. The third-order valence-electron chi connectivity index (χ3n) is 6.58. The number of benzene rings is 2. The summed E-state index contributed by atoms with van der Waals surface area (Å²) in [4.78, 5) is 30.6. The van der Waals surface area contributed by atoms with Gasteiger partial charge in [0.15, 0.2) is 5.82 Å². The first-order valence-corrected chi connectivity index (χ1v) is 12.7. The number of aryl methyl sites for hydroxylation is 2. The van der Waals surface area contributed by atoms with Crippen molar-refractivity contribution in [3.05, 3.63) is 80.9 Å². The van der Waals surface area contributed by atoms with Gasteiger partial charge in [0, 0.05) is 29.6 Å². The van der Waals surface area contributed by atoms with E-state index in [1.807, 2.05) is 57.2 Å². The molecule has 0 unspecified atom stereocenters. The lowest BCUT2D eigenvalue weighted by Crippen LogP contribution is -2.33. The molecule has 1 N–H and O–H groups in total. The number of rotatable bonds is 11. The second kappa shape index (κ2) is 12.0. The van der Waals surface area contributed by atoms with Gasteiger partial charge >= 0.3 is 5.97 Å². The van der Waals surface area contributed by atoms with Gasteiger partial charge in [-0.1, -0.05) is 25.1 Å². The van der Waals surface area contributed by atoms with E-state index in [4.69, 9.17) is 9.47 Å². The lowest BCUT2D eigenvalue weighted by Gasteiger charge is -2.30. The Morgan fingerprint density at radius 2 is 1.87 bits per heavy atom. The van der Waals surface area contributed by atoms with Crippen LogP contribution >= 0.6 is 0 Å². The van der Waals surface area contributed by atoms with Gasteiger partial charge in [-0.15, -0.1) is 5.10 Å². The molecule has 2 aromatic heterocycles. The molecule has 4 aromatic rings. The quantitative estimate of drug-likeness (QED) is 0.298. The van der Waals surface area contributed by atoms with Crippen LogP contribution in [0.2, 0.25) is 0 Å². The molecule has 38 heavy (non-hydrogen) atoms. The second-order valence-corrected chi connectivity index (χ2v) is 9.34. The maximum atomic E-state index is 13.2. The monoisotopic (exact) mass is 518 g/mol. The average Bonchev–Trinajstić information content (AvgIpc) is 3.33. The van der Waals surface area contributed by atoms with Gasteiger partial charge in [-0.2, -0.15) is 0 Å². The summed E-state index contributed by atoms with van der Waals surface area (Å²) in [7, 11) is 1.63. The van der Waals surface area contributed by atoms with Gasteiger partial charge in [0.2, 0.25) is 0 Å². The molecule has 1 atom stereocenters. The van der Waals surface area contributed by atoms with E-state index in [1.165, 1.54) is 4.68 Å². The molecule has 10 heteroatoms. The molecule has 2 heterocycles. The Kier molecular flexibility index (Phi) is 8.52. The molecule has 0 aliphatic heterocycles. The fraction of sp³-hybridized carbons (Fsp3) is 0.393. The third kappa shape index (κ3) is 6.08. The maximum absolute atomic E-state index is 13.2. The number of aromatic nitrogens is 5. The lowest BCUT2D eigenvalue weighted by atomic mass is 10.0. The summed E-state index contributed by atoms with van der Waals surface area (Å²) in [5, 5.41) is 13.2. The Morgan fingerprint density at radius 1 is 1.11 bits per heavy atom. The van der Waals surface area contributed by atoms with Crippen LogP contribution in [-0.4, -0.2) is 49.8 Å². The van der Waals surface area contributed by atoms with E-state index in [0.29, 0.717) is 30.9 Å². The topological polar surface area (TPSA) is 115 Å². The van der Waals surface area contributed by atoms with Crippen molar-refractivity contribution in [3.8, 4) is 5.75 Å². The minimum absolute atomic E-state index is 0.0852. The Labute approximate surface area is 221 Å². The number of methoxy groups -OCH3 is 1. The number of aromatic amines is 1. The van der Waals surface area contributed by atoms with Crippen molar-refractivity contribution < 1.29 is 14.3 Å². The summed E-state index contributed by atoms with van der Waals surface area (Å²) < 4.78 is 11.9. The number of hydrogen-bond donors (Lipinski definition) is 1. The van der Waals surface area contributed by atoms with E-state index in [0.717, 1.165) is 33.3 Å². The van der Waals surface area contributed by atoms with Crippen molar-refractivity contribution >= 4 is 16.9 Å². The van der Waals surface area contributed by atoms with Crippen molar-refractivity contribution in [3.63, 3.8) is 0 Å². The number of esters is 1. The molecular formula is C28H34N6O4. The van der Waals surface area contributed by atoms with Crippen LogP contribution in [-0.2, 0) is 29.2 Å². The number of ether oxygens (including phenoxy) is 2. The zero-order valence-electron chi connectivity index (χ0n) is 22.5. The minimum atomic E-state index is -0.408. The van der Waals surface area contributed by atoms with Crippen LogP contribution in [0, 0.1) is 13.8 Å². The van der Waals surface area contributed by atoms with Crippen molar-refractivity contribution in [2.24, 2.45) is 0 Å². The normalized spacial score (nSPS) is 12.2. The van der Waals surface area contributed by atoms with Gasteiger partial charge in [-0.05, 0) is 78.6 Å². The molecular weight excluding hydrogens is 484 g/mol. The van der Waals surface area contributed by atoms with E-state index >= 15 is 0 Å². The van der Waals surface area contributed by atoms with E-state index in [9.17, 15) is 9.59 Å². The number of nitrogens with zero attached hydrogens (tertiary/aromatic N) is 5. The van der Waals surface area contributed by atoms with E-state index in [2.05, 4.69) is 31.5 Å².